The topological polar surface area (TPSA) is 9.23 Å². The highest BCUT2D eigenvalue weighted by atomic mass is 16.5. The number of ether oxygens (including phenoxy) is 1. The lowest BCUT2D eigenvalue weighted by Crippen LogP contribution is -2.17. The summed E-state index contributed by atoms with van der Waals surface area (Å²) >= 11 is 0. The summed E-state index contributed by atoms with van der Waals surface area (Å²) in [7, 11) is 0. The fraction of sp³-hybridized carbons (Fsp3) is 1.00. The van der Waals surface area contributed by atoms with Crippen molar-refractivity contribution >= 4 is 0 Å². The van der Waals surface area contributed by atoms with Crippen molar-refractivity contribution < 1.29 is 4.74 Å². The zero-order valence-corrected chi connectivity index (χ0v) is 11.3. The highest BCUT2D eigenvalue weighted by Crippen LogP contribution is 2.16. The van der Waals surface area contributed by atoms with Crippen LogP contribution in [0.5, 0.6) is 0 Å². The summed E-state index contributed by atoms with van der Waals surface area (Å²) in [5.74, 6) is 0. The Hall–Kier alpha value is -0.0400. The van der Waals surface area contributed by atoms with E-state index in [9.17, 15) is 0 Å². The third kappa shape index (κ3) is 7.27. The number of rotatable bonds is 0. The van der Waals surface area contributed by atoms with Gasteiger partial charge in [0.05, 0.1) is 12.2 Å². The van der Waals surface area contributed by atoms with Gasteiger partial charge < -0.3 is 4.74 Å². The van der Waals surface area contributed by atoms with Crippen molar-refractivity contribution in [3.05, 3.63) is 0 Å². The van der Waals surface area contributed by atoms with E-state index in [4.69, 9.17) is 4.74 Å². The van der Waals surface area contributed by atoms with Gasteiger partial charge in [0.15, 0.2) is 0 Å². The predicted octanol–water partition coefficient (Wildman–Crippen LogP) is 5.08. The third-order valence-corrected chi connectivity index (χ3v) is 3.69. The minimum atomic E-state index is 0.470. The van der Waals surface area contributed by atoms with Crippen LogP contribution < -0.4 is 0 Å². The van der Waals surface area contributed by atoms with E-state index in [0.717, 1.165) is 0 Å². The van der Waals surface area contributed by atoms with Crippen molar-refractivity contribution in [3.63, 3.8) is 0 Å². The van der Waals surface area contributed by atoms with Crippen LogP contribution in [0.3, 0.4) is 0 Å². The van der Waals surface area contributed by atoms with Gasteiger partial charge in [-0.2, -0.15) is 0 Å². The third-order valence-electron chi connectivity index (χ3n) is 3.69. The van der Waals surface area contributed by atoms with Crippen LogP contribution in [0.2, 0.25) is 0 Å². The Morgan fingerprint density at radius 1 is 0.562 bits per heavy atom. The maximum Gasteiger partial charge on any atom is 0.0550 e. The van der Waals surface area contributed by atoms with Crippen LogP contribution >= 0.6 is 0 Å². The molecule has 1 aliphatic rings. The lowest BCUT2D eigenvalue weighted by Gasteiger charge is -2.19. The van der Waals surface area contributed by atoms with E-state index in [0.29, 0.717) is 12.2 Å². The molecule has 1 unspecified atom stereocenters. The Balaban J connectivity index is 2.21. The van der Waals surface area contributed by atoms with Gasteiger partial charge in [0.1, 0.15) is 0 Å². The summed E-state index contributed by atoms with van der Waals surface area (Å²) in [6.07, 6.45) is 16.2. The van der Waals surface area contributed by atoms with Gasteiger partial charge in [0.2, 0.25) is 0 Å². The van der Waals surface area contributed by atoms with Crippen LogP contribution in [0.15, 0.2) is 0 Å². The van der Waals surface area contributed by atoms with Crippen LogP contribution in [0.1, 0.15) is 84.5 Å². The predicted molar refractivity (Wildman–Crippen MR) is 70.8 cm³/mol. The molecule has 1 nitrogen and oxygen atoms in total. The van der Waals surface area contributed by atoms with Crippen LogP contribution in [-0.4, -0.2) is 12.2 Å². The Morgan fingerprint density at radius 2 is 0.875 bits per heavy atom. The average Bonchev–Trinajstić information content (AvgIpc) is 2.25. The van der Waals surface area contributed by atoms with Gasteiger partial charge in [0.25, 0.3) is 0 Å². The second-order valence-electron chi connectivity index (χ2n) is 5.52. The SMILES string of the molecule is CC1CCCCCCCCCCC[C@@H](C)O1. The second-order valence-corrected chi connectivity index (χ2v) is 5.52. The number of hydrogen-bond acceptors (Lipinski definition) is 1. The van der Waals surface area contributed by atoms with Gasteiger partial charge in [-0.05, 0) is 26.7 Å². The monoisotopic (exact) mass is 226 g/mol. The molecule has 1 saturated heterocycles. The Bertz CT molecular complexity index is 140. The summed E-state index contributed by atoms with van der Waals surface area (Å²) in [6, 6.07) is 0. The first-order chi connectivity index (χ1) is 7.79. The lowest BCUT2D eigenvalue weighted by molar-refractivity contribution is -0.00243. The summed E-state index contributed by atoms with van der Waals surface area (Å²) < 4.78 is 6.00. The molecular weight excluding hydrogens is 196 g/mol. The molecule has 1 rings (SSSR count). The van der Waals surface area contributed by atoms with Gasteiger partial charge in [-0.15, -0.1) is 0 Å². The molecule has 0 aliphatic carbocycles. The standard InChI is InChI=1S/C15H30O/c1-14-12-10-8-6-4-3-5-7-9-11-13-15(2)16-14/h14-15H,3-13H2,1-2H3/t14-,15?/m1/s1. The van der Waals surface area contributed by atoms with Crippen molar-refractivity contribution in [2.45, 2.75) is 96.7 Å². The molecule has 1 heteroatoms. The van der Waals surface area contributed by atoms with Crippen molar-refractivity contribution in [2.75, 3.05) is 0 Å². The average molecular weight is 226 g/mol. The zero-order chi connectivity index (χ0) is 11.6. The van der Waals surface area contributed by atoms with Crippen molar-refractivity contribution in [3.8, 4) is 0 Å². The summed E-state index contributed by atoms with van der Waals surface area (Å²) in [4.78, 5) is 0. The van der Waals surface area contributed by atoms with E-state index in [-0.39, 0.29) is 0 Å². The van der Waals surface area contributed by atoms with Gasteiger partial charge in [-0.1, -0.05) is 57.8 Å². The molecule has 0 aromatic rings. The van der Waals surface area contributed by atoms with Crippen LogP contribution in [0, 0.1) is 0 Å². The molecule has 0 amide bonds. The van der Waals surface area contributed by atoms with Gasteiger partial charge in [-0.25, -0.2) is 0 Å². The fourth-order valence-corrected chi connectivity index (χ4v) is 2.63. The molecule has 0 bridgehead atoms. The van der Waals surface area contributed by atoms with E-state index < -0.39 is 0 Å². The minimum Gasteiger partial charge on any atom is -0.376 e. The molecule has 0 saturated carbocycles. The minimum absolute atomic E-state index is 0.470. The molecule has 16 heavy (non-hydrogen) atoms. The van der Waals surface area contributed by atoms with Crippen molar-refractivity contribution in [1.29, 1.82) is 0 Å². The Kier molecular flexibility index (Phi) is 7.92. The molecule has 1 heterocycles. The zero-order valence-electron chi connectivity index (χ0n) is 11.3. The van der Waals surface area contributed by atoms with Gasteiger partial charge in [-0.3, -0.25) is 0 Å². The van der Waals surface area contributed by atoms with Crippen molar-refractivity contribution in [1.82, 2.24) is 0 Å². The summed E-state index contributed by atoms with van der Waals surface area (Å²) in [5, 5.41) is 0. The largest absolute Gasteiger partial charge is 0.376 e. The molecule has 96 valence electrons. The highest BCUT2D eigenvalue weighted by molar-refractivity contribution is 4.59. The Labute approximate surface area is 102 Å². The van der Waals surface area contributed by atoms with E-state index in [1.165, 1.54) is 70.6 Å². The van der Waals surface area contributed by atoms with E-state index >= 15 is 0 Å². The first-order valence-corrected chi connectivity index (χ1v) is 7.44. The summed E-state index contributed by atoms with van der Waals surface area (Å²) in [5.41, 5.74) is 0. The van der Waals surface area contributed by atoms with Crippen molar-refractivity contribution in [2.24, 2.45) is 0 Å². The maximum absolute atomic E-state index is 6.00. The van der Waals surface area contributed by atoms with Gasteiger partial charge >= 0.3 is 0 Å². The molecule has 0 spiro atoms. The molecule has 0 N–H and O–H groups in total. The van der Waals surface area contributed by atoms with E-state index in [1.54, 1.807) is 0 Å². The van der Waals surface area contributed by atoms with E-state index in [2.05, 4.69) is 13.8 Å². The summed E-state index contributed by atoms with van der Waals surface area (Å²) in [6.45, 7) is 4.48. The molecule has 0 radical (unpaired) electrons. The highest BCUT2D eigenvalue weighted by Gasteiger charge is 2.08. The van der Waals surface area contributed by atoms with Crippen LogP contribution in [0.25, 0.3) is 0 Å². The van der Waals surface area contributed by atoms with Crippen LogP contribution in [-0.2, 0) is 4.74 Å². The van der Waals surface area contributed by atoms with Gasteiger partial charge in [0, 0.05) is 0 Å². The number of hydrogen-bond donors (Lipinski definition) is 0. The fourth-order valence-electron chi connectivity index (χ4n) is 2.63. The van der Waals surface area contributed by atoms with E-state index in [1.807, 2.05) is 0 Å². The molecule has 1 aliphatic heterocycles. The normalized spacial score (nSPS) is 31.9. The molecular formula is C15H30O. The smallest absolute Gasteiger partial charge is 0.0550 e. The molecule has 1 fully saturated rings. The Morgan fingerprint density at radius 3 is 1.25 bits per heavy atom. The maximum atomic E-state index is 6.00. The molecule has 0 aromatic carbocycles. The molecule has 2 atom stereocenters. The first kappa shape index (κ1) is 14.0. The second kappa shape index (κ2) is 9.04. The van der Waals surface area contributed by atoms with Crippen LogP contribution in [0.4, 0.5) is 0 Å². The quantitative estimate of drug-likeness (QED) is 0.559. The first-order valence-electron chi connectivity index (χ1n) is 7.44. The molecule has 0 aromatic heterocycles. The lowest BCUT2D eigenvalue weighted by atomic mass is 10.0.